The maximum atomic E-state index is 12.0. The Hall–Kier alpha value is -2.08. The van der Waals surface area contributed by atoms with Crippen LogP contribution in [-0.2, 0) is 11.2 Å². The SMILES string of the molecule is O=C(O)CN1CCN(C(=O)NCCc2ccccc2)CC1. The van der Waals surface area contributed by atoms with E-state index in [-0.39, 0.29) is 12.6 Å². The molecule has 1 aliphatic rings. The lowest BCUT2D eigenvalue weighted by atomic mass is 10.1. The molecule has 6 nitrogen and oxygen atoms in total. The Morgan fingerprint density at radius 3 is 2.38 bits per heavy atom. The van der Waals surface area contributed by atoms with Crippen molar-refractivity contribution in [2.45, 2.75) is 6.42 Å². The van der Waals surface area contributed by atoms with Gasteiger partial charge in [-0.2, -0.15) is 0 Å². The molecule has 0 radical (unpaired) electrons. The summed E-state index contributed by atoms with van der Waals surface area (Å²) in [4.78, 5) is 26.2. The minimum absolute atomic E-state index is 0.0451. The maximum absolute atomic E-state index is 12.0. The highest BCUT2D eigenvalue weighted by Gasteiger charge is 2.21. The van der Waals surface area contributed by atoms with Gasteiger partial charge in [-0.3, -0.25) is 9.69 Å². The molecular formula is C15H21N3O3. The summed E-state index contributed by atoms with van der Waals surface area (Å²) in [7, 11) is 0. The van der Waals surface area contributed by atoms with Crippen LogP contribution < -0.4 is 5.32 Å². The molecule has 1 heterocycles. The molecule has 0 aromatic heterocycles. The normalized spacial score (nSPS) is 15.7. The second-order valence-corrected chi connectivity index (χ2v) is 5.12. The van der Waals surface area contributed by atoms with Crippen LogP contribution in [0.4, 0.5) is 4.79 Å². The molecule has 2 rings (SSSR count). The van der Waals surface area contributed by atoms with Gasteiger partial charge >= 0.3 is 12.0 Å². The number of carbonyl (C=O) groups excluding carboxylic acids is 1. The van der Waals surface area contributed by atoms with Crippen LogP contribution in [-0.4, -0.2) is 66.2 Å². The predicted molar refractivity (Wildman–Crippen MR) is 79.2 cm³/mol. The topological polar surface area (TPSA) is 72.9 Å². The lowest BCUT2D eigenvalue weighted by Crippen LogP contribution is -2.52. The summed E-state index contributed by atoms with van der Waals surface area (Å²) in [5.74, 6) is -0.823. The van der Waals surface area contributed by atoms with Gasteiger partial charge in [0, 0.05) is 32.7 Å². The molecule has 1 saturated heterocycles. The maximum Gasteiger partial charge on any atom is 0.317 e. The Morgan fingerprint density at radius 2 is 1.76 bits per heavy atom. The van der Waals surface area contributed by atoms with Crippen molar-refractivity contribution in [2.24, 2.45) is 0 Å². The van der Waals surface area contributed by atoms with Crippen molar-refractivity contribution >= 4 is 12.0 Å². The van der Waals surface area contributed by atoms with Crippen LogP contribution in [0.5, 0.6) is 0 Å². The van der Waals surface area contributed by atoms with E-state index in [1.807, 2.05) is 35.2 Å². The number of piperazine rings is 1. The second-order valence-electron chi connectivity index (χ2n) is 5.12. The first kappa shape index (κ1) is 15.3. The van der Waals surface area contributed by atoms with Crippen molar-refractivity contribution in [3.63, 3.8) is 0 Å². The van der Waals surface area contributed by atoms with E-state index >= 15 is 0 Å². The monoisotopic (exact) mass is 291 g/mol. The predicted octanol–water partition coefficient (Wildman–Crippen LogP) is 0.641. The summed E-state index contributed by atoms with van der Waals surface area (Å²) in [5, 5.41) is 11.6. The Kier molecular flexibility index (Phi) is 5.57. The highest BCUT2D eigenvalue weighted by atomic mass is 16.4. The fourth-order valence-electron chi connectivity index (χ4n) is 2.37. The number of urea groups is 1. The van der Waals surface area contributed by atoms with E-state index in [1.54, 1.807) is 4.90 Å². The van der Waals surface area contributed by atoms with E-state index in [1.165, 1.54) is 5.56 Å². The minimum Gasteiger partial charge on any atom is -0.480 e. The molecule has 0 atom stereocenters. The third-order valence-electron chi connectivity index (χ3n) is 3.55. The van der Waals surface area contributed by atoms with Gasteiger partial charge in [0.1, 0.15) is 0 Å². The third-order valence-corrected chi connectivity index (χ3v) is 3.55. The van der Waals surface area contributed by atoms with Crippen molar-refractivity contribution < 1.29 is 14.7 Å². The van der Waals surface area contributed by atoms with E-state index in [4.69, 9.17) is 5.11 Å². The molecule has 0 saturated carbocycles. The van der Waals surface area contributed by atoms with Gasteiger partial charge in [0.2, 0.25) is 0 Å². The lowest BCUT2D eigenvalue weighted by Gasteiger charge is -2.33. The summed E-state index contributed by atoms with van der Waals surface area (Å²) in [6, 6.07) is 9.95. The molecule has 1 fully saturated rings. The molecule has 0 spiro atoms. The van der Waals surface area contributed by atoms with Gasteiger partial charge in [-0.05, 0) is 12.0 Å². The van der Waals surface area contributed by atoms with Crippen molar-refractivity contribution in [1.82, 2.24) is 15.1 Å². The fourth-order valence-corrected chi connectivity index (χ4v) is 2.37. The molecular weight excluding hydrogens is 270 g/mol. The van der Waals surface area contributed by atoms with E-state index < -0.39 is 5.97 Å². The molecule has 21 heavy (non-hydrogen) atoms. The first-order chi connectivity index (χ1) is 10.1. The smallest absolute Gasteiger partial charge is 0.317 e. The number of benzene rings is 1. The Labute approximate surface area is 124 Å². The summed E-state index contributed by atoms with van der Waals surface area (Å²) in [6.07, 6.45) is 0.811. The Morgan fingerprint density at radius 1 is 1.10 bits per heavy atom. The molecule has 2 amide bonds. The van der Waals surface area contributed by atoms with E-state index in [0.717, 1.165) is 6.42 Å². The van der Waals surface area contributed by atoms with E-state index in [9.17, 15) is 9.59 Å². The van der Waals surface area contributed by atoms with Gasteiger partial charge in [0.05, 0.1) is 6.54 Å². The Balaban J connectivity index is 1.67. The summed E-state index contributed by atoms with van der Waals surface area (Å²) < 4.78 is 0. The molecule has 0 bridgehead atoms. The largest absolute Gasteiger partial charge is 0.480 e. The number of nitrogens with zero attached hydrogens (tertiary/aromatic N) is 2. The van der Waals surface area contributed by atoms with Gasteiger partial charge < -0.3 is 15.3 Å². The van der Waals surface area contributed by atoms with Crippen molar-refractivity contribution in [3.8, 4) is 0 Å². The van der Waals surface area contributed by atoms with Crippen molar-refractivity contribution in [2.75, 3.05) is 39.3 Å². The number of hydrogen-bond acceptors (Lipinski definition) is 3. The molecule has 1 aliphatic heterocycles. The van der Waals surface area contributed by atoms with Crippen LogP contribution in [0.15, 0.2) is 30.3 Å². The number of amides is 2. The van der Waals surface area contributed by atoms with Crippen molar-refractivity contribution in [1.29, 1.82) is 0 Å². The van der Waals surface area contributed by atoms with Crippen molar-refractivity contribution in [3.05, 3.63) is 35.9 Å². The average Bonchev–Trinajstić information content (AvgIpc) is 2.48. The zero-order valence-corrected chi connectivity index (χ0v) is 12.0. The van der Waals surface area contributed by atoms with Gasteiger partial charge in [-0.25, -0.2) is 4.79 Å². The number of carbonyl (C=O) groups is 2. The number of carboxylic acids is 1. The molecule has 2 N–H and O–H groups in total. The number of aliphatic carboxylic acids is 1. The highest BCUT2D eigenvalue weighted by molar-refractivity contribution is 5.74. The molecule has 1 aromatic carbocycles. The molecule has 1 aromatic rings. The quantitative estimate of drug-likeness (QED) is 0.835. The molecule has 6 heteroatoms. The zero-order valence-electron chi connectivity index (χ0n) is 12.0. The molecule has 114 valence electrons. The number of carboxylic acid groups (broad SMARTS) is 1. The van der Waals surface area contributed by atoms with Crippen LogP contribution >= 0.6 is 0 Å². The second kappa shape index (κ2) is 7.64. The first-order valence-electron chi connectivity index (χ1n) is 7.16. The summed E-state index contributed by atoms with van der Waals surface area (Å²) >= 11 is 0. The number of nitrogens with one attached hydrogen (secondary N) is 1. The minimum atomic E-state index is -0.823. The third kappa shape index (κ3) is 5.07. The van der Waals surface area contributed by atoms with Gasteiger partial charge in [-0.15, -0.1) is 0 Å². The lowest BCUT2D eigenvalue weighted by molar-refractivity contribution is -0.138. The van der Waals surface area contributed by atoms with E-state index in [0.29, 0.717) is 32.7 Å². The highest BCUT2D eigenvalue weighted by Crippen LogP contribution is 2.02. The number of rotatable bonds is 5. The van der Waals surface area contributed by atoms with Crippen LogP contribution in [0, 0.1) is 0 Å². The van der Waals surface area contributed by atoms with Crippen LogP contribution in [0.3, 0.4) is 0 Å². The van der Waals surface area contributed by atoms with Gasteiger partial charge in [0.25, 0.3) is 0 Å². The van der Waals surface area contributed by atoms with Crippen LogP contribution in [0.2, 0.25) is 0 Å². The summed E-state index contributed by atoms with van der Waals surface area (Å²) in [6.45, 7) is 3.02. The molecule has 0 aliphatic carbocycles. The van der Waals surface area contributed by atoms with E-state index in [2.05, 4.69) is 5.32 Å². The fraction of sp³-hybridized carbons (Fsp3) is 0.467. The van der Waals surface area contributed by atoms with Gasteiger partial charge in [-0.1, -0.05) is 30.3 Å². The van der Waals surface area contributed by atoms with Crippen LogP contribution in [0.1, 0.15) is 5.56 Å². The molecule has 0 unspecified atom stereocenters. The number of hydrogen-bond donors (Lipinski definition) is 2. The average molecular weight is 291 g/mol. The summed E-state index contributed by atoms with van der Waals surface area (Å²) in [5.41, 5.74) is 1.20. The zero-order chi connectivity index (χ0) is 15.1. The Bertz CT molecular complexity index is 470. The standard InChI is InChI=1S/C15H21N3O3/c19-14(20)12-17-8-10-18(11-9-17)15(21)16-7-6-13-4-2-1-3-5-13/h1-5H,6-12H2,(H,16,21)(H,19,20). The van der Waals surface area contributed by atoms with Gasteiger partial charge in [0.15, 0.2) is 0 Å². The van der Waals surface area contributed by atoms with Crippen LogP contribution in [0.25, 0.3) is 0 Å². The first-order valence-corrected chi connectivity index (χ1v) is 7.16.